The largest absolute Gasteiger partial charge is 0.489 e. The smallest absolute Gasteiger partial charge is 0.343 e. The SMILES string of the molecule is C/C=C(\COc1ccc2nc3c(c(CC)c2c1)Cn1c-3cc2c(c1=O)COC(=O)[C@]2(O)CC)C(=O)N1C2CCC1CN(c1nc(OC[C@@]34CCCN3C[C@H](F)C4)nc3c(F)c(-c4ccc(F)c5sc(N)c(C#N)c45)c(Cl)cc13)C2. The number of allylic oxidation sites excluding steroid dienone is 1. The highest BCUT2D eigenvalue weighted by Crippen LogP contribution is 2.48. The fourth-order valence-electron chi connectivity index (χ4n) is 13.5. The van der Waals surface area contributed by atoms with Crippen molar-refractivity contribution >= 4 is 77.5 Å². The summed E-state index contributed by atoms with van der Waals surface area (Å²) in [4.78, 5) is 62.0. The van der Waals surface area contributed by atoms with Gasteiger partial charge in [-0.05, 0) is 99.5 Å². The molecule has 0 aliphatic carbocycles. The van der Waals surface area contributed by atoms with Gasteiger partial charge in [-0.1, -0.05) is 37.6 Å². The number of carbonyl (C=O) groups is 2. The van der Waals surface area contributed by atoms with E-state index in [-0.39, 0.29) is 121 Å². The highest BCUT2D eigenvalue weighted by Gasteiger charge is 2.50. The Labute approximate surface area is 459 Å². The first-order valence-corrected chi connectivity index (χ1v) is 27.9. The van der Waals surface area contributed by atoms with Gasteiger partial charge in [-0.3, -0.25) is 14.5 Å². The number of aromatic nitrogens is 4. The van der Waals surface area contributed by atoms with E-state index in [4.69, 9.17) is 41.5 Å². The molecule has 4 saturated heterocycles. The van der Waals surface area contributed by atoms with Gasteiger partial charge in [0.25, 0.3) is 11.5 Å². The molecule has 3 aromatic carbocycles. The summed E-state index contributed by atoms with van der Waals surface area (Å²) >= 11 is 7.94. The standard InChI is InChI=1S/C58H53ClF3N9O7S/c1-4-28(25-76-32-10-13-43-35(16-32)33(5-2)38-24-70-44(48(38)65-43)18-40-39(54(70)73)26-77-55(74)58(40,75)6-3)53(72)71-30-8-9-31(71)23-68(22-30)52-36-17-41(59)46(34-11-12-42(61)50-45(34)37(20-63)51(64)79-50)47(62)49(36)66-56(67-52)78-27-57-14-7-15-69(57)21-29(60)19-57/h4,10-13,16-18,29-31,75H,5-9,14-15,19,21-27,64H2,1-3H3/b28-4+/t29-,30?,31?,57+,58+/m1/s1. The maximum atomic E-state index is 17.6. The van der Waals surface area contributed by atoms with Crippen molar-refractivity contribution < 1.29 is 42.1 Å². The second kappa shape index (κ2) is 18.9. The molecule has 0 radical (unpaired) electrons. The molecule has 3 N–H and O–H groups in total. The molecule has 10 heterocycles. The van der Waals surface area contributed by atoms with Gasteiger partial charge < -0.3 is 39.4 Å². The van der Waals surface area contributed by atoms with Gasteiger partial charge in [-0.2, -0.15) is 15.2 Å². The fourth-order valence-corrected chi connectivity index (χ4v) is 14.7. The van der Waals surface area contributed by atoms with Crippen molar-refractivity contribution in [2.24, 2.45) is 0 Å². The number of alkyl halides is 1. The third-order valence-electron chi connectivity index (χ3n) is 17.4. The Hall–Kier alpha value is -7.31. The summed E-state index contributed by atoms with van der Waals surface area (Å²) in [6.45, 7) is 7.30. The minimum absolute atomic E-state index is 0.00791. The number of pyridine rings is 2. The summed E-state index contributed by atoms with van der Waals surface area (Å²) in [5.74, 6) is -1.55. The highest BCUT2D eigenvalue weighted by atomic mass is 35.5. The molecular formula is C58H53ClF3N9O7S. The van der Waals surface area contributed by atoms with E-state index in [1.54, 1.807) is 42.7 Å². The molecular weight excluding hydrogens is 1060 g/mol. The first-order valence-electron chi connectivity index (χ1n) is 26.7. The number of nitriles is 1. The van der Waals surface area contributed by atoms with E-state index in [2.05, 4.69) is 9.88 Å². The number of esters is 1. The van der Waals surface area contributed by atoms with Crippen LogP contribution in [-0.4, -0.2) is 109 Å². The number of ether oxygens (including phenoxy) is 3. The van der Waals surface area contributed by atoms with E-state index >= 15 is 8.78 Å². The number of amides is 1. The van der Waals surface area contributed by atoms with E-state index in [0.29, 0.717) is 79.4 Å². The van der Waals surface area contributed by atoms with Crippen molar-refractivity contribution in [3.8, 4) is 40.3 Å². The van der Waals surface area contributed by atoms with Crippen LogP contribution in [0.1, 0.15) is 87.1 Å². The van der Waals surface area contributed by atoms with Gasteiger partial charge >= 0.3 is 12.0 Å². The Morgan fingerprint density at radius 3 is 2.59 bits per heavy atom. The Morgan fingerprint density at radius 2 is 1.85 bits per heavy atom. The zero-order chi connectivity index (χ0) is 55.0. The molecule has 0 saturated carbocycles. The predicted molar refractivity (Wildman–Crippen MR) is 292 cm³/mol. The van der Waals surface area contributed by atoms with Crippen LogP contribution in [0, 0.1) is 23.0 Å². The maximum absolute atomic E-state index is 17.6. The number of carbonyl (C=O) groups excluding carboxylic acids is 2. The summed E-state index contributed by atoms with van der Waals surface area (Å²) < 4.78 is 67.5. The number of halogens is 4. The average Bonchev–Trinajstić information content (AvgIpc) is 4.30. The number of aryl methyl sites for hydroxylation is 1. The molecule has 2 bridgehead atoms. The molecule has 1 amide bonds. The van der Waals surface area contributed by atoms with Crippen molar-refractivity contribution in [2.75, 3.05) is 50.0 Å². The maximum Gasteiger partial charge on any atom is 0.343 e. The number of nitrogen functional groups attached to an aromatic ring is 1. The van der Waals surface area contributed by atoms with Gasteiger partial charge in [0.2, 0.25) is 0 Å². The second-order valence-electron chi connectivity index (χ2n) is 21.5. The zero-order valence-electron chi connectivity index (χ0n) is 43.4. The predicted octanol–water partition coefficient (Wildman–Crippen LogP) is 9.01. The number of hydrogen-bond acceptors (Lipinski definition) is 15. The lowest BCUT2D eigenvalue weighted by molar-refractivity contribution is -0.172. The van der Waals surface area contributed by atoms with E-state index in [0.717, 1.165) is 47.2 Å². The number of hydrogen-bond donors (Lipinski definition) is 2. The molecule has 6 aliphatic rings. The summed E-state index contributed by atoms with van der Waals surface area (Å²) in [6, 6.07) is 12.8. The summed E-state index contributed by atoms with van der Waals surface area (Å²) in [7, 11) is 0. The molecule has 406 valence electrons. The summed E-state index contributed by atoms with van der Waals surface area (Å²) in [5.41, 5.74) is 7.89. The number of aliphatic hydroxyl groups is 1. The molecule has 13 rings (SSSR count). The van der Waals surface area contributed by atoms with Gasteiger partial charge in [0.15, 0.2) is 11.4 Å². The Kier molecular flexibility index (Phi) is 12.3. The van der Waals surface area contributed by atoms with Gasteiger partial charge in [0.1, 0.15) is 60.0 Å². The van der Waals surface area contributed by atoms with E-state index in [9.17, 15) is 29.1 Å². The normalized spacial score (nSPS) is 23.3. The number of fused-ring (bicyclic) bond motifs is 10. The molecule has 4 fully saturated rings. The molecule has 2 unspecified atom stereocenters. The number of rotatable bonds is 11. The number of nitrogens with two attached hydrogens (primary N) is 1. The van der Waals surface area contributed by atoms with Gasteiger partial charge in [0.05, 0.1) is 67.5 Å². The number of nitrogens with zero attached hydrogens (tertiary/aromatic N) is 8. The van der Waals surface area contributed by atoms with Crippen LogP contribution in [0.4, 0.5) is 24.0 Å². The molecule has 21 heteroatoms. The Morgan fingerprint density at radius 1 is 1.05 bits per heavy atom. The average molecular weight is 1110 g/mol. The van der Waals surface area contributed by atoms with Crippen molar-refractivity contribution in [1.29, 1.82) is 5.26 Å². The van der Waals surface area contributed by atoms with Crippen LogP contribution in [0.2, 0.25) is 5.02 Å². The highest BCUT2D eigenvalue weighted by molar-refractivity contribution is 7.23. The minimum Gasteiger partial charge on any atom is -0.489 e. The van der Waals surface area contributed by atoms with Crippen LogP contribution in [0.15, 0.2) is 58.9 Å². The van der Waals surface area contributed by atoms with E-state index < -0.39 is 34.9 Å². The van der Waals surface area contributed by atoms with Crippen molar-refractivity contribution in [1.82, 2.24) is 29.3 Å². The topological polar surface area (TPSA) is 202 Å². The number of benzene rings is 3. The first-order chi connectivity index (χ1) is 38.1. The quantitative estimate of drug-likeness (QED) is 0.0918. The Balaban J connectivity index is 0.781. The van der Waals surface area contributed by atoms with Crippen LogP contribution in [-0.2, 0) is 39.5 Å². The molecule has 16 nitrogen and oxygen atoms in total. The lowest BCUT2D eigenvalue weighted by Crippen LogP contribution is -2.56. The van der Waals surface area contributed by atoms with Gasteiger partial charge in [-0.25, -0.2) is 22.9 Å². The monoisotopic (exact) mass is 1110 g/mol. The zero-order valence-corrected chi connectivity index (χ0v) is 45.0. The van der Waals surface area contributed by atoms with Crippen molar-refractivity contribution in [3.63, 3.8) is 0 Å². The summed E-state index contributed by atoms with van der Waals surface area (Å²) in [6.07, 6.45) is 4.69. The van der Waals surface area contributed by atoms with Crippen LogP contribution in [0.25, 0.3) is 54.4 Å². The molecule has 6 aliphatic heterocycles. The lowest BCUT2D eigenvalue weighted by Gasteiger charge is -2.42. The number of thiophene rings is 1. The van der Waals surface area contributed by atoms with Gasteiger partial charge in [0, 0.05) is 58.9 Å². The molecule has 79 heavy (non-hydrogen) atoms. The van der Waals surface area contributed by atoms with Crippen LogP contribution >= 0.6 is 22.9 Å². The van der Waals surface area contributed by atoms with E-state index in [1.165, 1.54) is 12.1 Å². The first kappa shape index (κ1) is 51.1. The van der Waals surface area contributed by atoms with E-state index in [1.807, 2.05) is 34.9 Å². The van der Waals surface area contributed by atoms with Gasteiger partial charge in [-0.15, -0.1) is 11.3 Å². The number of piperazine rings is 1. The third kappa shape index (κ3) is 7.81. The minimum atomic E-state index is -1.94. The number of cyclic esters (lactones) is 1. The fraction of sp³-hybridized carbons (Fsp3) is 0.397. The second-order valence-corrected chi connectivity index (χ2v) is 23.0. The molecule has 0 spiro atoms. The summed E-state index contributed by atoms with van der Waals surface area (Å²) in [5, 5.41) is 22.8. The van der Waals surface area contributed by atoms with Crippen molar-refractivity contribution in [3.05, 3.63) is 109 Å². The number of anilines is 2. The lowest BCUT2D eigenvalue weighted by atomic mass is 9.86. The van der Waals surface area contributed by atoms with Crippen LogP contribution in [0.5, 0.6) is 11.8 Å². The third-order valence-corrected chi connectivity index (χ3v) is 18.8. The molecule has 7 aromatic rings. The van der Waals surface area contributed by atoms with Crippen molar-refractivity contribution in [2.45, 2.75) is 108 Å². The van der Waals surface area contributed by atoms with Crippen LogP contribution < -0.4 is 25.7 Å². The molecule has 5 atom stereocenters. The Bertz CT molecular complexity index is 3950. The van der Waals surface area contributed by atoms with Crippen LogP contribution in [0.3, 0.4) is 0 Å². The molecule has 4 aromatic heterocycles.